The lowest BCUT2D eigenvalue weighted by atomic mass is 10.2. The summed E-state index contributed by atoms with van der Waals surface area (Å²) in [7, 11) is 0. The molecule has 1 N–H and O–H groups in total. The first-order valence-corrected chi connectivity index (χ1v) is 9.45. The molecule has 0 fully saturated rings. The number of hydrogen-bond donors (Lipinski definition) is 1. The molecule has 2 heterocycles. The van der Waals surface area contributed by atoms with Gasteiger partial charge in [-0.2, -0.15) is 10.1 Å². The lowest BCUT2D eigenvalue weighted by Gasteiger charge is -2.21. The van der Waals surface area contributed by atoms with E-state index in [1.165, 1.54) is 16.9 Å². The minimum Gasteiger partial charge on any atom is -0.372 e. The highest BCUT2D eigenvalue weighted by Gasteiger charge is 2.22. The Morgan fingerprint density at radius 3 is 2.59 bits per heavy atom. The van der Waals surface area contributed by atoms with Gasteiger partial charge in [0.25, 0.3) is 5.95 Å². The molecule has 0 aliphatic carbocycles. The second-order valence-electron chi connectivity index (χ2n) is 6.52. The highest BCUT2D eigenvalue weighted by Crippen LogP contribution is 2.32. The zero-order chi connectivity index (χ0) is 18.6. The number of para-hydroxylation sites is 1. The molecule has 138 valence electrons. The highest BCUT2D eigenvalue weighted by atomic mass is 15.3. The van der Waals surface area contributed by atoms with Gasteiger partial charge in [0, 0.05) is 36.7 Å². The molecule has 1 aliphatic heterocycles. The summed E-state index contributed by atoms with van der Waals surface area (Å²) in [5.74, 6) is 1.32. The molecule has 0 atom stereocenters. The van der Waals surface area contributed by atoms with Gasteiger partial charge >= 0.3 is 0 Å². The first-order valence-electron chi connectivity index (χ1n) is 9.45. The maximum atomic E-state index is 4.67. The third kappa shape index (κ3) is 3.56. The summed E-state index contributed by atoms with van der Waals surface area (Å²) in [6, 6.07) is 16.8. The van der Waals surface area contributed by atoms with E-state index in [4.69, 9.17) is 0 Å². The molecule has 3 aromatic rings. The van der Waals surface area contributed by atoms with E-state index in [0.29, 0.717) is 11.8 Å². The van der Waals surface area contributed by atoms with Crippen molar-refractivity contribution in [1.82, 2.24) is 15.2 Å². The quantitative estimate of drug-likeness (QED) is 0.712. The number of nitrogens with one attached hydrogen (secondary N) is 1. The van der Waals surface area contributed by atoms with Crippen molar-refractivity contribution in [2.24, 2.45) is 0 Å². The average Bonchev–Trinajstić information content (AvgIpc) is 3.15. The van der Waals surface area contributed by atoms with Crippen LogP contribution in [-0.4, -0.2) is 34.8 Å². The highest BCUT2D eigenvalue weighted by molar-refractivity contribution is 5.67. The molecule has 6 nitrogen and oxygen atoms in total. The van der Waals surface area contributed by atoms with E-state index in [-0.39, 0.29) is 0 Å². The molecule has 1 aromatic heterocycles. The van der Waals surface area contributed by atoms with Gasteiger partial charge in [-0.15, -0.1) is 5.10 Å². The molecular formula is C21H24N6. The fourth-order valence-corrected chi connectivity index (χ4v) is 3.51. The Labute approximate surface area is 159 Å². The van der Waals surface area contributed by atoms with Crippen LogP contribution in [0.25, 0.3) is 0 Å². The summed E-state index contributed by atoms with van der Waals surface area (Å²) in [5, 5.41) is 11.7. The van der Waals surface area contributed by atoms with Crippen LogP contribution in [0.15, 0.2) is 54.7 Å². The molecule has 27 heavy (non-hydrogen) atoms. The van der Waals surface area contributed by atoms with E-state index in [9.17, 15) is 0 Å². The number of hydrogen-bond acceptors (Lipinski definition) is 6. The van der Waals surface area contributed by atoms with Gasteiger partial charge in [-0.25, -0.2) is 0 Å². The van der Waals surface area contributed by atoms with E-state index in [0.717, 1.165) is 31.7 Å². The van der Waals surface area contributed by atoms with Crippen LogP contribution in [0, 0.1) is 0 Å². The van der Waals surface area contributed by atoms with Crippen LogP contribution >= 0.6 is 0 Å². The van der Waals surface area contributed by atoms with Crippen LogP contribution in [0.3, 0.4) is 0 Å². The van der Waals surface area contributed by atoms with Gasteiger partial charge in [-0.05, 0) is 56.2 Å². The predicted molar refractivity (Wildman–Crippen MR) is 110 cm³/mol. The Hall–Kier alpha value is -3.15. The van der Waals surface area contributed by atoms with Gasteiger partial charge in [0.05, 0.1) is 6.20 Å². The first-order chi connectivity index (χ1) is 13.3. The third-order valence-electron chi connectivity index (χ3n) is 4.94. The minimum atomic E-state index is 0.629. The maximum absolute atomic E-state index is 4.67. The van der Waals surface area contributed by atoms with Crippen LogP contribution in [0.5, 0.6) is 0 Å². The van der Waals surface area contributed by atoms with Crippen molar-refractivity contribution in [2.75, 3.05) is 34.8 Å². The number of aromatic nitrogens is 3. The smallest absolute Gasteiger partial charge is 0.251 e. The van der Waals surface area contributed by atoms with E-state index in [2.05, 4.69) is 86.6 Å². The molecule has 0 radical (unpaired) electrons. The molecular weight excluding hydrogens is 336 g/mol. The van der Waals surface area contributed by atoms with E-state index >= 15 is 0 Å². The Balaban J connectivity index is 1.52. The largest absolute Gasteiger partial charge is 0.372 e. The molecule has 0 bridgehead atoms. The van der Waals surface area contributed by atoms with Gasteiger partial charge in [-0.3, -0.25) is 0 Å². The predicted octanol–water partition coefficient (Wildman–Crippen LogP) is 4.16. The summed E-state index contributed by atoms with van der Waals surface area (Å²) in [4.78, 5) is 9.11. The molecule has 0 spiro atoms. The van der Waals surface area contributed by atoms with Crippen molar-refractivity contribution < 1.29 is 0 Å². The van der Waals surface area contributed by atoms with Crippen LogP contribution in [0.1, 0.15) is 19.4 Å². The van der Waals surface area contributed by atoms with Crippen LogP contribution in [0.4, 0.5) is 28.8 Å². The summed E-state index contributed by atoms with van der Waals surface area (Å²) in [6.45, 7) is 7.21. The van der Waals surface area contributed by atoms with Crippen molar-refractivity contribution in [1.29, 1.82) is 0 Å². The molecule has 0 unspecified atom stereocenters. The number of fused-ring (bicyclic) bond motifs is 1. The third-order valence-corrected chi connectivity index (χ3v) is 4.94. The Morgan fingerprint density at radius 2 is 1.81 bits per heavy atom. The van der Waals surface area contributed by atoms with Crippen LogP contribution < -0.4 is 15.1 Å². The van der Waals surface area contributed by atoms with Gasteiger partial charge in [0.15, 0.2) is 5.82 Å². The molecule has 0 saturated heterocycles. The summed E-state index contributed by atoms with van der Waals surface area (Å²) < 4.78 is 0. The monoisotopic (exact) mass is 360 g/mol. The van der Waals surface area contributed by atoms with Crippen molar-refractivity contribution in [2.45, 2.75) is 20.3 Å². The van der Waals surface area contributed by atoms with Crippen molar-refractivity contribution >= 4 is 28.8 Å². The van der Waals surface area contributed by atoms with Gasteiger partial charge in [0.2, 0.25) is 0 Å². The van der Waals surface area contributed by atoms with Crippen LogP contribution in [-0.2, 0) is 6.42 Å². The normalized spacial score (nSPS) is 12.7. The minimum absolute atomic E-state index is 0.629. The van der Waals surface area contributed by atoms with Gasteiger partial charge < -0.3 is 15.1 Å². The number of anilines is 5. The lowest BCUT2D eigenvalue weighted by molar-refractivity contribution is 0.866. The fourth-order valence-electron chi connectivity index (χ4n) is 3.51. The molecule has 0 amide bonds. The van der Waals surface area contributed by atoms with Crippen molar-refractivity contribution in [3.8, 4) is 0 Å². The lowest BCUT2D eigenvalue weighted by Crippen LogP contribution is -2.21. The molecule has 2 aromatic carbocycles. The number of nitrogens with zero attached hydrogens (tertiary/aromatic N) is 5. The zero-order valence-electron chi connectivity index (χ0n) is 15.8. The number of rotatable bonds is 6. The zero-order valence-corrected chi connectivity index (χ0v) is 15.8. The summed E-state index contributed by atoms with van der Waals surface area (Å²) in [5.41, 5.74) is 4.70. The standard InChI is InChI=1S/C21H24N6/c1-3-26(4-2)18-11-9-17(10-12-18)23-20-15-22-25-21(24-20)27-14-13-16-7-5-6-8-19(16)27/h5-12,15H,3-4,13-14H2,1-2H3,(H,23,24,25). The average molecular weight is 360 g/mol. The van der Waals surface area contributed by atoms with E-state index in [1.54, 1.807) is 6.20 Å². The van der Waals surface area contributed by atoms with Crippen molar-refractivity contribution in [3.05, 3.63) is 60.3 Å². The maximum Gasteiger partial charge on any atom is 0.251 e. The molecule has 6 heteroatoms. The van der Waals surface area contributed by atoms with Gasteiger partial charge in [-0.1, -0.05) is 18.2 Å². The summed E-state index contributed by atoms with van der Waals surface area (Å²) in [6.07, 6.45) is 2.66. The van der Waals surface area contributed by atoms with Crippen molar-refractivity contribution in [3.63, 3.8) is 0 Å². The molecule has 1 aliphatic rings. The Kier molecular flexibility index (Phi) is 4.87. The molecule has 4 rings (SSSR count). The van der Waals surface area contributed by atoms with E-state index < -0.39 is 0 Å². The Bertz CT molecular complexity index is 905. The SMILES string of the molecule is CCN(CC)c1ccc(Nc2cnnc(N3CCc4ccccc43)n2)cc1. The second-order valence-corrected chi connectivity index (χ2v) is 6.52. The van der Waals surface area contributed by atoms with Gasteiger partial charge in [0.1, 0.15) is 0 Å². The first kappa shape index (κ1) is 17.3. The van der Waals surface area contributed by atoms with E-state index in [1.807, 2.05) is 6.07 Å². The second kappa shape index (κ2) is 7.61. The topological polar surface area (TPSA) is 57.2 Å². The molecule has 0 saturated carbocycles. The summed E-state index contributed by atoms with van der Waals surface area (Å²) >= 11 is 0. The number of benzene rings is 2. The van der Waals surface area contributed by atoms with Crippen LogP contribution in [0.2, 0.25) is 0 Å². The fraction of sp³-hybridized carbons (Fsp3) is 0.286. The Morgan fingerprint density at radius 1 is 1.04 bits per heavy atom.